The number of benzene rings is 1. The highest BCUT2D eigenvalue weighted by Gasteiger charge is 2.30. The average molecular weight is 347 g/mol. The van der Waals surface area contributed by atoms with Crippen LogP contribution < -0.4 is 5.32 Å². The summed E-state index contributed by atoms with van der Waals surface area (Å²) in [6, 6.07) is 5.58. The second-order valence-electron chi connectivity index (χ2n) is 6.23. The summed E-state index contributed by atoms with van der Waals surface area (Å²) in [6.45, 7) is 2.54. The molecule has 0 spiro atoms. The van der Waals surface area contributed by atoms with Gasteiger partial charge in [-0.05, 0) is 31.5 Å². The number of hydrogen-bond acceptors (Lipinski definition) is 4. The molecule has 0 amide bonds. The maximum absolute atomic E-state index is 12.9. The van der Waals surface area contributed by atoms with Crippen molar-refractivity contribution in [2.45, 2.75) is 38.5 Å². The highest BCUT2D eigenvalue weighted by atomic mass is 19.4. The Morgan fingerprint density at radius 3 is 2.88 bits per heavy atom. The Morgan fingerprint density at radius 1 is 1.24 bits per heavy atom. The van der Waals surface area contributed by atoms with Crippen LogP contribution in [0.4, 0.5) is 18.9 Å². The molecule has 8 heteroatoms. The van der Waals surface area contributed by atoms with E-state index >= 15 is 0 Å². The first-order valence-electron chi connectivity index (χ1n) is 8.03. The molecule has 25 heavy (non-hydrogen) atoms. The summed E-state index contributed by atoms with van der Waals surface area (Å²) >= 11 is 0. The van der Waals surface area contributed by atoms with E-state index in [4.69, 9.17) is 0 Å². The van der Waals surface area contributed by atoms with Gasteiger partial charge in [-0.1, -0.05) is 6.07 Å². The molecule has 0 saturated heterocycles. The van der Waals surface area contributed by atoms with E-state index in [-0.39, 0.29) is 6.04 Å². The van der Waals surface area contributed by atoms with E-state index in [1.54, 1.807) is 6.07 Å². The fourth-order valence-corrected chi connectivity index (χ4v) is 3.22. The number of fused-ring (bicyclic) bond motifs is 2. The molecule has 1 aromatic carbocycles. The minimum atomic E-state index is -4.37. The highest BCUT2D eigenvalue weighted by Crippen LogP contribution is 2.33. The quantitative estimate of drug-likeness (QED) is 0.770. The first-order chi connectivity index (χ1) is 11.9. The largest absolute Gasteiger partial charge is 0.416 e. The normalized spacial score (nSPS) is 17.5. The Hall–Kier alpha value is -2.64. The van der Waals surface area contributed by atoms with Gasteiger partial charge in [-0.2, -0.15) is 18.3 Å². The third-order valence-corrected chi connectivity index (χ3v) is 4.39. The van der Waals surface area contributed by atoms with Gasteiger partial charge in [0, 0.05) is 29.7 Å². The summed E-state index contributed by atoms with van der Waals surface area (Å²) < 4.78 is 40.5. The number of rotatable bonds is 2. The van der Waals surface area contributed by atoms with Crippen LogP contribution in [-0.4, -0.2) is 25.8 Å². The molecule has 0 saturated carbocycles. The summed E-state index contributed by atoms with van der Waals surface area (Å²) in [5.74, 6) is 1.73. The number of pyridine rings is 1. The molecule has 3 heterocycles. The van der Waals surface area contributed by atoms with Gasteiger partial charge in [-0.3, -0.25) is 4.98 Å². The van der Waals surface area contributed by atoms with Crippen molar-refractivity contribution >= 4 is 16.6 Å². The van der Waals surface area contributed by atoms with Crippen molar-refractivity contribution < 1.29 is 13.2 Å². The SMILES string of the molecule is Cc1nc2n(n1)CC(Nc1ccnc3cc(C(F)(F)F)ccc13)CC2. The standard InChI is InChI=1S/C17H16F3N5/c1-10-22-16-5-3-12(9-25(16)24-10)23-14-6-7-21-15-8-11(17(18,19)20)2-4-13(14)15/h2,4,6-8,12H,3,5,9H2,1H3,(H,21,23). The number of nitrogens with one attached hydrogen (secondary N) is 1. The van der Waals surface area contributed by atoms with E-state index in [0.29, 0.717) is 17.4 Å². The molecule has 0 aliphatic carbocycles. The first kappa shape index (κ1) is 15.9. The molecule has 1 N–H and O–H groups in total. The Kier molecular flexibility index (Phi) is 3.63. The van der Waals surface area contributed by atoms with Crippen molar-refractivity contribution in [3.63, 3.8) is 0 Å². The minimum absolute atomic E-state index is 0.140. The van der Waals surface area contributed by atoms with Gasteiger partial charge in [-0.25, -0.2) is 9.67 Å². The predicted molar refractivity (Wildman–Crippen MR) is 87.2 cm³/mol. The molecular weight excluding hydrogens is 331 g/mol. The molecule has 5 nitrogen and oxygen atoms in total. The number of alkyl halides is 3. The zero-order valence-corrected chi connectivity index (χ0v) is 13.5. The van der Waals surface area contributed by atoms with Crippen LogP contribution >= 0.6 is 0 Å². The highest BCUT2D eigenvalue weighted by molar-refractivity contribution is 5.91. The van der Waals surface area contributed by atoms with Crippen molar-refractivity contribution in [2.75, 3.05) is 5.32 Å². The van der Waals surface area contributed by atoms with Crippen molar-refractivity contribution in [1.29, 1.82) is 0 Å². The Balaban J connectivity index is 1.62. The molecular formula is C17H16F3N5. The fourth-order valence-electron chi connectivity index (χ4n) is 3.22. The second-order valence-corrected chi connectivity index (χ2v) is 6.23. The smallest absolute Gasteiger partial charge is 0.380 e. The predicted octanol–water partition coefficient (Wildman–Crippen LogP) is 3.58. The molecule has 1 aliphatic heterocycles. The molecule has 2 aromatic heterocycles. The number of hydrogen-bond donors (Lipinski definition) is 1. The average Bonchev–Trinajstić information content (AvgIpc) is 2.93. The number of nitrogens with zero attached hydrogens (tertiary/aromatic N) is 4. The Labute approximate surface area is 141 Å². The van der Waals surface area contributed by atoms with Crippen molar-refractivity contribution in [1.82, 2.24) is 19.7 Å². The summed E-state index contributed by atoms with van der Waals surface area (Å²) in [5, 5.41) is 8.47. The molecule has 0 bridgehead atoms. The summed E-state index contributed by atoms with van der Waals surface area (Å²) in [5.41, 5.74) is 0.419. The van der Waals surface area contributed by atoms with Crippen LogP contribution in [0.15, 0.2) is 30.5 Å². The van der Waals surface area contributed by atoms with Crippen LogP contribution in [0.3, 0.4) is 0 Å². The Morgan fingerprint density at radius 2 is 2.08 bits per heavy atom. The van der Waals surface area contributed by atoms with Crippen LogP contribution in [0, 0.1) is 6.92 Å². The zero-order valence-electron chi connectivity index (χ0n) is 13.5. The fraction of sp³-hybridized carbons (Fsp3) is 0.353. The molecule has 1 unspecified atom stereocenters. The van der Waals surface area contributed by atoms with Gasteiger partial charge in [0.1, 0.15) is 11.6 Å². The van der Waals surface area contributed by atoms with Crippen LogP contribution in [0.5, 0.6) is 0 Å². The van der Waals surface area contributed by atoms with E-state index < -0.39 is 11.7 Å². The summed E-state index contributed by atoms with van der Waals surface area (Å²) in [7, 11) is 0. The van der Waals surface area contributed by atoms with Gasteiger partial charge >= 0.3 is 6.18 Å². The second kappa shape index (κ2) is 5.72. The number of aromatic nitrogens is 4. The van der Waals surface area contributed by atoms with Crippen LogP contribution in [-0.2, 0) is 19.1 Å². The number of halogens is 3. The van der Waals surface area contributed by atoms with Gasteiger partial charge in [0.15, 0.2) is 0 Å². The molecule has 0 radical (unpaired) electrons. The maximum Gasteiger partial charge on any atom is 0.416 e. The summed E-state index contributed by atoms with van der Waals surface area (Å²) in [6.07, 6.45) is -1.13. The van der Waals surface area contributed by atoms with E-state index in [0.717, 1.165) is 42.3 Å². The van der Waals surface area contributed by atoms with Gasteiger partial charge in [0.05, 0.1) is 17.6 Å². The van der Waals surface area contributed by atoms with E-state index in [2.05, 4.69) is 20.4 Å². The van der Waals surface area contributed by atoms with Crippen molar-refractivity contribution in [2.24, 2.45) is 0 Å². The van der Waals surface area contributed by atoms with Gasteiger partial charge in [0.2, 0.25) is 0 Å². The zero-order chi connectivity index (χ0) is 17.6. The summed E-state index contributed by atoms with van der Waals surface area (Å²) in [4.78, 5) is 8.46. The first-order valence-corrected chi connectivity index (χ1v) is 8.03. The Bertz CT molecular complexity index is 932. The number of anilines is 1. The van der Waals surface area contributed by atoms with Crippen LogP contribution in [0.2, 0.25) is 0 Å². The third-order valence-electron chi connectivity index (χ3n) is 4.39. The van der Waals surface area contributed by atoms with Gasteiger partial charge in [-0.15, -0.1) is 0 Å². The van der Waals surface area contributed by atoms with Gasteiger partial charge < -0.3 is 5.32 Å². The third kappa shape index (κ3) is 3.04. The lowest BCUT2D eigenvalue weighted by molar-refractivity contribution is -0.137. The van der Waals surface area contributed by atoms with Crippen LogP contribution in [0.1, 0.15) is 23.6 Å². The maximum atomic E-state index is 12.9. The molecule has 1 aliphatic rings. The van der Waals surface area contributed by atoms with Gasteiger partial charge in [0.25, 0.3) is 0 Å². The lowest BCUT2D eigenvalue weighted by Gasteiger charge is -2.25. The molecule has 3 aromatic rings. The van der Waals surface area contributed by atoms with Crippen molar-refractivity contribution in [3.05, 3.63) is 47.7 Å². The van der Waals surface area contributed by atoms with E-state index in [1.807, 2.05) is 11.6 Å². The molecule has 130 valence electrons. The van der Waals surface area contributed by atoms with E-state index in [1.165, 1.54) is 12.3 Å². The monoisotopic (exact) mass is 347 g/mol. The van der Waals surface area contributed by atoms with Crippen LogP contribution in [0.25, 0.3) is 10.9 Å². The number of aryl methyl sites for hydroxylation is 2. The lowest BCUT2D eigenvalue weighted by atomic mass is 10.1. The van der Waals surface area contributed by atoms with Crippen molar-refractivity contribution in [3.8, 4) is 0 Å². The minimum Gasteiger partial charge on any atom is -0.380 e. The molecule has 1 atom stereocenters. The topological polar surface area (TPSA) is 55.6 Å². The lowest BCUT2D eigenvalue weighted by Crippen LogP contribution is -2.32. The molecule has 0 fully saturated rings. The molecule has 4 rings (SSSR count). The van der Waals surface area contributed by atoms with E-state index in [9.17, 15) is 13.2 Å².